The van der Waals surface area contributed by atoms with Crippen LogP contribution in [0.25, 0.3) is 0 Å². The Morgan fingerprint density at radius 3 is 2.79 bits per heavy atom. The van der Waals surface area contributed by atoms with Gasteiger partial charge in [-0.1, -0.05) is 6.07 Å². The minimum Gasteiger partial charge on any atom is -0.481 e. The third kappa shape index (κ3) is 2.44. The third-order valence-electron chi connectivity index (χ3n) is 3.95. The summed E-state index contributed by atoms with van der Waals surface area (Å²) in [6.07, 6.45) is 1.11. The molecule has 0 amide bonds. The van der Waals surface area contributed by atoms with E-state index in [0.717, 1.165) is 17.8 Å². The molecule has 0 fully saturated rings. The zero-order valence-corrected chi connectivity index (χ0v) is 11.6. The van der Waals surface area contributed by atoms with E-state index < -0.39 is 11.4 Å². The standard InChI is InChI=1S/C15H20FNO2/c1-4-17-10(9-15(2,3)14(18)19)8-11-12(16)6-5-7-13(11)17/h5-7,10H,4,8-9H2,1-3H3,(H,18,19). The monoisotopic (exact) mass is 265 g/mol. The highest BCUT2D eigenvalue weighted by Gasteiger charge is 2.37. The number of carboxylic acids is 1. The van der Waals surface area contributed by atoms with Crippen molar-refractivity contribution in [3.8, 4) is 0 Å². The van der Waals surface area contributed by atoms with Crippen LogP contribution in [-0.2, 0) is 11.2 Å². The second-order valence-electron chi connectivity index (χ2n) is 5.77. The van der Waals surface area contributed by atoms with Crippen LogP contribution in [0.2, 0.25) is 0 Å². The van der Waals surface area contributed by atoms with Gasteiger partial charge in [0.15, 0.2) is 0 Å². The second-order valence-corrected chi connectivity index (χ2v) is 5.77. The molecule has 0 saturated heterocycles. The predicted octanol–water partition coefficient (Wildman–Crippen LogP) is 3.08. The lowest BCUT2D eigenvalue weighted by Crippen LogP contribution is -2.38. The summed E-state index contributed by atoms with van der Waals surface area (Å²) in [4.78, 5) is 13.4. The Kier molecular flexibility index (Phi) is 3.52. The van der Waals surface area contributed by atoms with Gasteiger partial charge >= 0.3 is 5.97 Å². The molecule has 1 heterocycles. The molecule has 3 nitrogen and oxygen atoms in total. The largest absolute Gasteiger partial charge is 0.481 e. The number of halogens is 1. The van der Waals surface area contributed by atoms with E-state index in [4.69, 9.17) is 0 Å². The van der Waals surface area contributed by atoms with Gasteiger partial charge in [-0.25, -0.2) is 4.39 Å². The fourth-order valence-electron chi connectivity index (χ4n) is 2.85. The fourth-order valence-corrected chi connectivity index (χ4v) is 2.85. The van der Waals surface area contributed by atoms with Gasteiger partial charge in [0.05, 0.1) is 5.41 Å². The first-order valence-electron chi connectivity index (χ1n) is 6.64. The first-order chi connectivity index (χ1) is 8.86. The molecule has 0 saturated carbocycles. The molecule has 0 radical (unpaired) electrons. The first kappa shape index (κ1) is 13.8. The molecule has 104 valence electrons. The molecule has 1 aromatic carbocycles. The zero-order chi connectivity index (χ0) is 14.2. The van der Waals surface area contributed by atoms with Gasteiger partial charge in [0.1, 0.15) is 5.82 Å². The molecular weight excluding hydrogens is 245 g/mol. The quantitative estimate of drug-likeness (QED) is 0.909. The highest BCUT2D eigenvalue weighted by molar-refractivity contribution is 5.74. The number of likely N-dealkylation sites (N-methyl/N-ethyl adjacent to an activating group) is 1. The highest BCUT2D eigenvalue weighted by atomic mass is 19.1. The zero-order valence-electron chi connectivity index (χ0n) is 11.6. The van der Waals surface area contributed by atoms with Crippen molar-refractivity contribution < 1.29 is 14.3 Å². The molecular formula is C15H20FNO2. The Balaban J connectivity index is 2.27. The Bertz CT molecular complexity index is 499. The lowest BCUT2D eigenvalue weighted by Gasteiger charge is -2.31. The van der Waals surface area contributed by atoms with Gasteiger partial charge in [-0.15, -0.1) is 0 Å². The average Bonchev–Trinajstić information content (AvgIpc) is 2.67. The van der Waals surface area contributed by atoms with Crippen molar-refractivity contribution in [2.75, 3.05) is 11.4 Å². The molecule has 19 heavy (non-hydrogen) atoms. The van der Waals surface area contributed by atoms with Crippen LogP contribution in [0.3, 0.4) is 0 Å². The van der Waals surface area contributed by atoms with Crippen molar-refractivity contribution in [1.29, 1.82) is 0 Å². The Morgan fingerprint density at radius 1 is 1.53 bits per heavy atom. The van der Waals surface area contributed by atoms with Gasteiger partial charge in [-0.3, -0.25) is 4.79 Å². The fraction of sp³-hybridized carbons (Fsp3) is 0.533. The Hall–Kier alpha value is -1.58. The van der Waals surface area contributed by atoms with Crippen LogP contribution in [0.15, 0.2) is 18.2 Å². The number of aliphatic carboxylic acids is 1. The van der Waals surface area contributed by atoms with E-state index in [9.17, 15) is 14.3 Å². The van der Waals surface area contributed by atoms with Crippen molar-refractivity contribution in [1.82, 2.24) is 0 Å². The normalized spacial score (nSPS) is 18.5. The van der Waals surface area contributed by atoms with E-state index >= 15 is 0 Å². The molecule has 1 unspecified atom stereocenters. The number of carbonyl (C=O) groups is 1. The summed E-state index contributed by atoms with van der Waals surface area (Å²) >= 11 is 0. The number of nitrogens with zero attached hydrogens (tertiary/aromatic N) is 1. The van der Waals surface area contributed by atoms with Crippen LogP contribution in [-0.4, -0.2) is 23.7 Å². The molecule has 2 rings (SSSR count). The van der Waals surface area contributed by atoms with E-state index in [-0.39, 0.29) is 11.9 Å². The van der Waals surface area contributed by atoms with Crippen LogP contribution in [0, 0.1) is 11.2 Å². The number of hydrogen-bond donors (Lipinski definition) is 1. The SMILES string of the molecule is CCN1c2cccc(F)c2CC1CC(C)(C)C(=O)O. The maximum atomic E-state index is 13.8. The van der Waals surface area contributed by atoms with E-state index in [1.54, 1.807) is 19.9 Å². The maximum Gasteiger partial charge on any atom is 0.309 e. The second kappa shape index (κ2) is 4.83. The van der Waals surface area contributed by atoms with Crippen molar-refractivity contribution in [2.24, 2.45) is 5.41 Å². The van der Waals surface area contributed by atoms with Gasteiger partial charge < -0.3 is 10.0 Å². The third-order valence-corrected chi connectivity index (χ3v) is 3.95. The van der Waals surface area contributed by atoms with Crippen molar-refractivity contribution in [3.05, 3.63) is 29.6 Å². The predicted molar refractivity (Wildman–Crippen MR) is 72.9 cm³/mol. The maximum absolute atomic E-state index is 13.8. The Labute approximate surface area is 113 Å². The smallest absolute Gasteiger partial charge is 0.309 e. The van der Waals surface area contributed by atoms with Crippen LogP contribution < -0.4 is 4.90 Å². The van der Waals surface area contributed by atoms with Gasteiger partial charge in [-0.2, -0.15) is 0 Å². The highest BCUT2D eigenvalue weighted by Crippen LogP contribution is 2.38. The first-order valence-corrected chi connectivity index (χ1v) is 6.64. The summed E-state index contributed by atoms with van der Waals surface area (Å²) in [5, 5.41) is 9.24. The topological polar surface area (TPSA) is 40.5 Å². The van der Waals surface area contributed by atoms with Crippen LogP contribution in [0.5, 0.6) is 0 Å². The van der Waals surface area contributed by atoms with Gasteiger partial charge in [0, 0.05) is 23.8 Å². The number of benzene rings is 1. The summed E-state index contributed by atoms with van der Waals surface area (Å²) in [5.74, 6) is -0.994. The van der Waals surface area contributed by atoms with Crippen LogP contribution >= 0.6 is 0 Å². The number of fused-ring (bicyclic) bond motifs is 1. The van der Waals surface area contributed by atoms with Crippen LogP contribution in [0.4, 0.5) is 10.1 Å². The lowest BCUT2D eigenvalue weighted by atomic mass is 9.84. The molecule has 0 spiro atoms. The summed E-state index contributed by atoms with van der Waals surface area (Å²) < 4.78 is 13.8. The molecule has 0 bridgehead atoms. The average molecular weight is 265 g/mol. The lowest BCUT2D eigenvalue weighted by molar-refractivity contribution is -0.147. The Morgan fingerprint density at radius 2 is 2.21 bits per heavy atom. The van der Waals surface area contributed by atoms with Gasteiger partial charge in [0.2, 0.25) is 0 Å². The number of rotatable bonds is 4. The van der Waals surface area contributed by atoms with E-state index in [2.05, 4.69) is 4.90 Å². The number of hydrogen-bond acceptors (Lipinski definition) is 2. The van der Waals surface area contributed by atoms with Crippen molar-refractivity contribution in [2.45, 2.75) is 39.7 Å². The van der Waals surface area contributed by atoms with E-state index in [1.165, 1.54) is 6.07 Å². The molecule has 1 aliphatic rings. The molecule has 4 heteroatoms. The summed E-state index contributed by atoms with van der Waals surface area (Å²) in [7, 11) is 0. The van der Waals surface area contributed by atoms with Gasteiger partial charge in [0.25, 0.3) is 0 Å². The van der Waals surface area contributed by atoms with E-state index in [0.29, 0.717) is 12.8 Å². The minimum atomic E-state index is -0.806. The van der Waals surface area contributed by atoms with E-state index in [1.807, 2.05) is 13.0 Å². The summed E-state index contributed by atoms with van der Waals surface area (Å²) in [5.41, 5.74) is 0.834. The molecule has 0 aliphatic carbocycles. The molecule has 1 N–H and O–H groups in total. The van der Waals surface area contributed by atoms with Crippen molar-refractivity contribution >= 4 is 11.7 Å². The number of carboxylic acid groups (broad SMARTS) is 1. The molecule has 1 aliphatic heterocycles. The summed E-state index contributed by atoms with van der Waals surface area (Å²) in [6.45, 7) is 6.22. The molecule has 1 aromatic rings. The molecule has 1 atom stereocenters. The summed E-state index contributed by atoms with van der Waals surface area (Å²) in [6, 6.07) is 5.15. The van der Waals surface area contributed by atoms with Crippen LogP contribution in [0.1, 0.15) is 32.8 Å². The van der Waals surface area contributed by atoms with Gasteiger partial charge in [-0.05, 0) is 45.7 Å². The molecule has 0 aromatic heterocycles. The van der Waals surface area contributed by atoms with Crippen molar-refractivity contribution in [3.63, 3.8) is 0 Å². The minimum absolute atomic E-state index is 0.0583. The number of anilines is 1.